The van der Waals surface area contributed by atoms with E-state index in [1.54, 1.807) is 0 Å². The highest BCUT2D eigenvalue weighted by Crippen LogP contribution is 2.03. The molecule has 0 aromatic heterocycles. The van der Waals surface area contributed by atoms with E-state index in [9.17, 15) is 4.79 Å². The van der Waals surface area contributed by atoms with Crippen LogP contribution in [0.1, 0.15) is 11.1 Å². The Bertz CT molecular complexity index is 383. The summed E-state index contributed by atoms with van der Waals surface area (Å²) in [6, 6.07) is 8.28. The van der Waals surface area contributed by atoms with Crippen molar-refractivity contribution in [2.45, 2.75) is 19.4 Å². The second-order valence-corrected chi connectivity index (χ2v) is 4.69. The summed E-state index contributed by atoms with van der Waals surface area (Å²) in [4.78, 5) is 11.8. The Morgan fingerprint density at radius 1 is 1.44 bits per heavy atom. The number of nitrogens with one attached hydrogen (secondary N) is 2. The molecule has 1 heterocycles. The molecule has 4 heteroatoms. The van der Waals surface area contributed by atoms with Crippen molar-refractivity contribution in [3.63, 3.8) is 0 Å². The molecule has 0 aliphatic carbocycles. The molecule has 98 valence electrons. The average molecular weight is 248 g/mol. The molecule has 1 fully saturated rings. The van der Waals surface area contributed by atoms with Crippen LogP contribution in [0.15, 0.2) is 24.3 Å². The van der Waals surface area contributed by atoms with E-state index in [-0.39, 0.29) is 11.9 Å². The second kappa shape index (κ2) is 6.52. The van der Waals surface area contributed by atoms with Crippen LogP contribution in [-0.2, 0) is 16.0 Å². The first-order valence-electron chi connectivity index (χ1n) is 6.37. The molecule has 0 radical (unpaired) electrons. The van der Waals surface area contributed by atoms with Gasteiger partial charge in [0.2, 0.25) is 5.91 Å². The van der Waals surface area contributed by atoms with Crippen molar-refractivity contribution in [2.24, 2.45) is 0 Å². The Hall–Kier alpha value is -1.39. The number of ether oxygens (including phenoxy) is 1. The van der Waals surface area contributed by atoms with Crippen molar-refractivity contribution < 1.29 is 9.53 Å². The van der Waals surface area contributed by atoms with Gasteiger partial charge in [-0.1, -0.05) is 29.8 Å². The topological polar surface area (TPSA) is 50.4 Å². The lowest BCUT2D eigenvalue weighted by Crippen LogP contribution is -2.48. The van der Waals surface area contributed by atoms with E-state index in [1.807, 2.05) is 31.2 Å². The van der Waals surface area contributed by atoms with Crippen molar-refractivity contribution in [3.8, 4) is 0 Å². The van der Waals surface area contributed by atoms with Crippen LogP contribution in [0.25, 0.3) is 0 Å². The van der Waals surface area contributed by atoms with E-state index in [0.717, 1.165) is 18.7 Å². The van der Waals surface area contributed by atoms with E-state index in [2.05, 4.69) is 10.6 Å². The summed E-state index contributed by atoms with van der Waals surface area (Å²) in [6.45, 7) is 4.96. The largest absolute Gasteiger partial charge is 0.378 e. The predicted molar refractivity (Wildman–Crippen MR) is 70.5 cm³/mol. The number of amides is 1. The number of carbonyl (C=O) groups is 1. The third-order valence-corrected chi connectivity index (χ3v) is 3.03. The van der Waals surface area contributed by atoms with Crippen LogP contribution < -0.4 is 10.6 Å². The summed E-state index contributed by atoms with van der Waals surface area (Å²) >= 11 is 0. The minimum atomic E-state index is 0.0613. The molecule has 1 saturated heterocycles. The Balaban J connectivity index is 1.73. The van der Waals surface area contributed by atoms with Crippen LogP contribution in [0.5, 0.6) is 0 Å². The van der Waals surface area contributed by atoms with E-state index in [1.165, 1.54) is 5.56 Å². The standard InChI is InChI=1S/C14H20N2O2/c1-11-2-4-12(5-3-11)8-14(17)16-9-13-10-18-7-6-15-13/h2-5,13,15H,6-10H2,1H3,(H,16,17). The molecule has 1 amide bonds. The minimum Gasteiger partial charge on any atom is -0.378 e. The molecule has 1 aliphatic heterocycles. The van der Waals surface area contributed by atoms with Gasteiger partial charge in [-0.15, -0.1) is 0 Å². The number of morpholine rings is 1. The lowest BCUT2D eigenvalue weighted by Gasteiger charge is -2.23. The Kier molecular flexibility index (Phi) is 4.73. The fourth-order valence-electron chi connectivity index (χ4n) is 1.94. The zero-order chi connectivity index (χ0) is 12.8. The number of aryl methyl sites for hydroxylation is 1. The van der Waals surface area contributed by atoms with Crippen LogP contribution >= 0.6 is 0 Å². The van der Waals surface area contributed by atoms with Gasteiger partial charge in [0.1, 0.15) is 0 Å². The van der Waals surface area contributed by atoms with E-state index >= 15 is 0 Å². The molecule has 0 saturated carbocycles. The molecule has 1 atom stereocenters. The number of benzene rings is 1. The molecule has 0 spiro atoms. The molecule has 2 rings (SSSR count). The fraction of sp³-hybridized carbons (Fsp3) is 0.500. The van der Waals surface area contributed by atoms with Crippen LogP contribution in [0, 0.1) is 6.92 Å². The van der Waals surface area contributed by atoms with E-state index in [4.69, 9.17) is 4.74 Å². The maximum atomic E-state index is 11.8. The Morgan fingerprint density at radius 2 is 2.22 bits per heavy atom. The van der Waals surface area contributed by atoms with Gasteiger partial charge in [-0.25, -0.2) is 0 Å². The van der Waals surface area contributed by atoms with Crippen LogP contribution in [0.2, 0.25) is 0 Å². The quantitative estimate of drug-likeness (QED) is 0.822. The molecule has 18 heavy (non-hydrogen) atoms. The van der Waals surface area contributed by atoms with Crippen molar-refractivity contribution in [3.05, 3.63) is 35.4 Å². The third-order valence-electron chi connectivity index (χ3n) is 3.03. The maximum Gasteiger partial charge on any atom is 0.224 e. The minimum absolute atomic E-state index is 0.0613. The van der Waals surface area contributed by atoms with Gasteiger partial charge in [-0.05, 0) is 12.5 Å². The van der Waals surface area contributed by atoms with Gasteiger partial charge < -0.3 is 15.4 Å². The van der Waals surface area contributed by atoms with Crippen molar-refractivity contribution in [2.75, 3.05) is 26.3 Å². The first-order valence-corrected chi connectivity index (χ1v) is 6.37. The van der Waals surface area contributed by atoms with Gasteiger partial charge in [0.25, 0.3) is 0 Å². The highest BCUT2D eigenvalue weighted by molar-refractivity contribution is 5.78. The first kappa shape index (κ1) is 13.1. The zero-order valence-electron chi connectivity index (χ0n) is 10.7. The number of hydrogen-bond acceptors (Lipinski definition) is 3. The number of carbonyl (C=O) groups excluding carboxylic acids is 1. The smallest absolute Gasteiger partial charge is 0.224 e. The van der Waals surface area contributed by atoms with Crippen molar-refractivity contribution >= 4 is 5.91 Å². The molecule has 0 bridgehead atoms. The van der Waals surface area contributed by atoms with Gasteiger partial charge in [-0.2, -0.15) is 0 Å². The molecular formula is C14H20N2O2. The molecule has 2 N–H and O–H groups in total. The highest BCUT2D eigenvalue weighted by atomic mass is 16.5. The van der Waals surface area contributed by atoms with Gasteiger partial charge in [0.15, 0.2) is 0 Å². The Labute approximate surface area is 108 Å². The summed E-state index contributed by atoms with van der Waals surface area (Å²) in [5, 5.41) is 6.24. The van der Waals surface area contributed by atoms with Crippen molar-refractivity contribution in [1.29, 1.82) is 0 Å². The SMILES string of the molecule is Cc1ccc(CC(=O)NCC2COCCN2)cc1. The second-order valence-electron chi connectivity index (χ2n) is 4.69. The summed E-state index contributed by atoms with van der Waals surface area (Å²) in [7, 11) is 0. The van der Waals surface area contributed by atoms with Gasteiger partial charge in [-0.3, -0.25) is 4.79 Å². The lowest BCUT2D eigenvalue weighted by molar-refractivity contribution is -0.120. The van der Waals surface area contributed by atoms with Crippen LogP contribution in [0.4, 0.5) is 0 Å². The van der Waals surface area contributed by atoms with Crippen LogP contribution in [0.3, 0.4) is 0 Å². The highest BCUT2D eigenvalue weighted by Gasteiger charge is 2.13. The average Bonchev–Trinajstić information content (AvgIpc) is 2.40. The number of rotatable bonds is 4. The molecular weight excluding hydrogens is 228 g/mol. The zero-order valence-corrected chi connectivity index (χ0v) is 10.7. The van der Waals surface area contributed by atoms with Crippen molar-refractivity contribution in [1.82, 2.24) is 10.6 Å². The summed E-state index contributed by atoms with van der Waals surface area (Å²) in [6.07, 6.45) is 0.438. The molecule has 1 aromatic rings. The maximum absolute atomic E-state index is 11.8. The van der Waals surface area contributed by atoms with E-state index < -0.39 is 0 Å². The normalized spacial score (nSPS) is 19.5. The summed E-state index contributed by atoms with van der Waals surface area (Å²) in [5.74, 6) is 0.0613. The molecule has 1 aliphatic rings. The van der Waals surface area contributed by atoms with Crippen LogP contribution in [-0.4, -0.2) is 38.3 Å². The molecule has 4 nitrogen and oxygen atoms in total. The molecule has 1 unspecified atom stereocenters. The molecule has 1 aromatic carbocycles. The van der Waals surface area contributed by atoms with Gasteiger partial charge in [0.05, 0.1) is 19.6 Å². The first-order chi connectivity index (χ1) is 8.74. The van der Waals surface area contributed by atoms with Gasteiger partial charge in [0, 0.05) is 19.1 Å². The Morgan fingerprint density at radius 3 is 2.89 bits per heavy atom. The predicted octanol–water partition coefficient (Wildman–Crippen LogP) is 0.642. The lowest BCUT2D eigenvalue weighted by atomic mass is 10.1. The summed E-state index contributed by atoms with van der Waals surface area (Å²) in [5.41, 5.74) is 2.26. The van der Waals surface area contributed by atoms with Gasteiger partial charge >= 0.3 is 0 Å². The summed E-state index contributed by atoms with van der Waals surface area (Å²) < 4.78 is 5.33. The fourth-order valence-corrected chi connectivity index (χ4v) is 1.94. The monoisotopic (exact) mass is 248 g/mol. The third kappa shape index (κ3) is 4.13. The number of hydrogen-bond donors (Lipinski definition) is 2. The van der Waals surface area contributed by atoms with E-state index in [0.29, 0.717) is 19.6 Å².